The van der Waals surface area contributed by atoms with Crippen LogP contribution in [-0.2, 0) is 11.3 Å². The van der Waals surface area contributed by atoms with E-state index in [1.807, 2.05) is 12.1 Å². The van der Waals surface area contributed by atoms with E-state index in [4.69, 9.17) is 17.3 Å². The molecule has 1 aromatic carbocycles. The van der Waals surface area contributed by atoms with Gasteiger partial charge in [0.25, 0.3) is 0 Å². The smallest absolute Gasteiger partial charge is 0.224 e. The number of para-hydroxylation sites is 2. The van der Waals surface area contributed by atoms with Gasteiger partial charge in [-0.1, -0.05) is 23.7 Å². The minimum Gasteiger partial charge on any atom is -0.397 e. The van der Waals surface area contributed by atoms with Crippen LogP contribution in [0.4, 0.5) is 11.4 Å². The van der Waals surface area contributed by atoms with Crippen LogP contribution >= 0.6 is 11.6 Å². The summed E-state index contributed by atoms with van der Waals surface area (Å²) >= 11 is 5.75. The average Bonchev–Trinajstić information content (AvgIpc) is 2.78. The zero-order valence-corrected chi connectivity index (χ0v) is 11.1. The molecule has 0 saturated heterocycles. The standard InChI is InChI=1S/C13H15ClN4O/c14-10-8-16-18(9-10)7-3-6-13(19)17-12-5-2-1-4-11(12)15/h1-2,4-5,8-9H,3,6-7,15H2,(H,17,19). The first-order chi connectivity index (χ1) is 9.15. The number of rotatable bonds is 5. The first-order valence-electron chi connectivity index (χ1n) is 5.97. The maximum atomic E-state index is 11.7. The van der Waals surface area contributed by atoms with E-state index in [0.717, 1.165) is 0 Å². The summed E-state index contributed by atoms with van der Waals surface area (Å²) < 4.78 is 1.71. The molecule has 5 nitrogen and oxygen atoms in total. The number of halogens is 1. The first-order valence-corrected chi connectivity index (χ1v) is 6.35. The molecule has 0 atom stereocenters. The Bertz CT molecular complexity index is 567. The normalized spacial score (nSPS) is 10.4. The van der Waals surface area contributed by atoms with Gasteiger partial charge in [-0.15, -0.1) is 0 Å². The highest BCUT2D eigenvalue weighted by atomic mass is 35.5. The summed E-state index contributed by atoms with van der Waals surface area (Å²) in [5.41, 5.74) is 6.96. The highest BCUT2D eigenvalue weighted by Gasteiger charge is 2.05. The number of nitrogen functional groups attached to an aromatic ring is 1. The second kappa shape index (κ2) is 6.24. The summed E-state index contributed by atoms with van der Waals surface area (Å²) in [6.45, 7) is 0.657. The number of carbonyl (C=O) groups is 1. The molecule has 0 radical (unpaired) electrons. The van der Waals surface area contributed by atoms with E-state index in [2.05, 4.69) is 10.4 Å². The van der Waals surface area contributed by atoms with E-state index in [0.29, 0.717) is 35.8 Å². The van der Waals surface area contributed by atoms with Crippen molar-refractivity contribution in [3.05, 3.63) is 41.7 Å². The van der Waals surface area contributed by atoms with E-state index < -0.39 is 0 Å². The molecule has 0 aliphatic heterocycles. The van der Waals surface area contributed by atoms with Gasteiger partial charge in [-0.25, -0.2) is 0 Å². The molecule has 0 saturated carbocycles. The molecule has 0 unspecified atom stereocenters. The lowest BCUT2D eigenvalue weighted by Gasteiger charge is -2.07. The highest BCUT2D eigenvalue weighted by Crippen LogP contribution is 2.17. The molecule has 0 aliphatic rings. The maximum Gasteiger partial charge on any atom is 0.224 e. The van der Waals surface area contributed by atoms with Gasteiger partial charge in [0.05, 0.1) is 22.6 Å². The van der Waals surface area contributed by atoms with Crippen molar-refractivity contribution in [1.82, 2.24) is 9.78 Å². The van der Waals surface area contributed by atoms with Gasteiger partial charge in [-0.3, -0.25) is 9.48 Å². The van der Waals surface area contributed by atoms with Gasteiger partial charge in [0.2, 0.25) is 5.91 Å². The van der Waals surface area contributed by atoms with E-state index in [1.54, 1.807) is 29.2 Å². The van der Waals surface area contributed by atoms with E-state index >= 15 is 0 Å². The van der Waals surface area contributed by atoms with Crippen LogP contribution in [0.2, 0.25) is 5.02 Å². The number of carbonyl (C=O) groups excluding carboxylic acids is 1. The van der Waals surface area contributed by atoms with Crippen molar-refractivity contribution in [2.24, 2.45) is 0 Å². The Labute approximate surface area is 116 Å². The van der Waals surface area contributed by atoms with Crippen molar-refractivity contribution in [3.8, 4) is 0 Å². The van der Waals surface area contributed by atoms with E-state index in [9.17, 15) is 4.79 Å². The quantitative estimate of drug-likeness (QED) is 0.826. The highest BCUT2D eigenvalue weighted by molar-refractivity contribution is 6.30. The molecular weight excluding hydrogens is 264 g/mol. The Morgan fingerprint density at radius 1 is 1.42 bits per heavy atom. The largest absolute Gasteiger partial charge is 0.397 e. The minimum absolute atomic E-state index is 0.0591. The number of benzene rings is 1. The zero-order valence-electron chi connectivity index (χ0n) is 10.3. The number of aryl methyl sites for hydroxylation is 1. The number of hydrogen-bond acceptors (Lipinski definition) is 3. The molecule has 0 spiro atoms. The predicted molar refractivity (Wildman–Crippen MR) is 76.0 cm³/mol. The third-order valence-corrected chi connectivity index (χ3v) is 2.82. The van der Waals surface area contributed by atoms with Crippen LogP contribution < -0.4 is 11.1 Å². The molecule has 100 valence electrons. The summed E-state index contributed by atoms with van der Waals surface area (Å²) in [7, 11) is 0. The number of anilines is 2. The Morgan fingerprint density at radius 3 is 2.89 bits per heavy atom. The van der Waals surface area contributed by atoms with Crippen LogP contribution in [0, 0.1) is 0 Å². The summed E-state index contributed by atoms with van der Waals surface area (Å²) in [5, 5.41) is 7.42. The van der Waals surface area contributed by atoms with Gasteiger partial charge in [0.15, 0.2) is 0 Å². The van der Waals surface area contributed by atoms with Gasteiger partial charge in [-0.2, -0.15) is 5.10 Å². The molecule has 1 aromatic heterocycles. The van der Waals surface area contributed by atoms with Crippen LogP contribution in [-0.4, -0.2) is 15.7 Å². The lowest BCUT2D eigenvalue weighted by atomic mass is 10.2. The summed E-state index contributed by atoms with van der Waals surface area (Å²) in [6.07, 6.45) is 4.41. The van der Waals surface area contributed by atoms with Crippen molar-refractivity contribution >= 4 is 28.9 Å². The summed E-state index contributed by atoms with van der Waals surface area (Å²) in [4.78, 5) is 11.7. The van der Waals surface area contributed by atoms with Gasteiger partial charge in [0.1, 0.15) is 0 Å². The second-order valence-corrected chi connectivity index (χ2v) is 4.60. The Balaban J connectivity index is 1.77. The van der Waals surface area contributed by atoms with Crippen LogP contribution in [0.15, 0.2) is 36.7 Å². The topological polar surface area (TPSA) is 72.9 Å². The number of aromatic nitrogens is 2. The third kappa shape index (κ3) is 3.99. The molecule has 2 rings (SSSR count). The fraction of sp³-hybridized carbons (Fsp3) is 0.231. The molecule has 0 fully saturated rings. The zero-order chi connectivity index (χ0) is 13.7. The fourth-order valence-electron chi connectivity index (χ4n) is 1.69. The van der Waals surface area contributed by atoms with E-state index in [1.165, 1.54) is 0 Å². The van der Waals surface area contributed by atoms with Crippen molar-refractivity contribution in [2.45, 2.75) is 19.4 Å². The average molecular weight is 279 g/mol. The second-order valence-electron chi connectivity index (χ2n) is 4.16. The summed E-state index contributed by atoms with van der Waals surface area (Å²) in [5.74, 6) is -0.0591. The number of amides is 1. The first kappa shape index (κ1) is 13.4. The molecule has 19 heavy (non-hydrogen) atoms. The van der Waals surface area contributed by atoms with Gasteiger partial charge >= 0.3 is 0 Å². The van der Waals surface area contributed by atoms with E-state index in [-0.39, 0.29) is 5.91 Å². The van der Waals surface area contributed by atoms with Crippen LogP contribution in [0.5, 0.6) is 0 Å². The van der Waals surface area contributed by atoms with Gasteiger partial charge < -0.3 is 11.1 Å². The SMILES string of the molecule is Nc1ccccc1NC(=O)CCCn1cc(Cl)cn1. The molecule has 1 heterocycles. The molecule has 6 heteroatoms. The van der Waals surface area contributed by atoms with Crippen LogP contribution in [0.1, 0.15) is 12.8 Å². The van der Waals surface area contributed by atoms with Crippen molar-refractivity contribution < 1.29 is 4.79 Å². The lowest BCUT2D eigenvalue weighted by Crippen LogP contribution is -2.13. The van der Waals surface area contributed by atoms with Crippen LogP contribution in [0.3, 0.4) is 0 Å². The predicted octanol–water partition coefficient (Wildman–Crippen LogP) is 2.54. The minimum atomic E-state index is -0.0591. The maximum absolute atomic E-state index is 11.7. The van der Waals surface area contributed by atoms with Crippen molar-refractivity contribution in [3.63, 3.8) is 0 Å². The molecule has 3 N–H and O–H groups in total. The molecular formula is C13H15ClN4O. The number of nitrogens with one attached hydrogen (secondary N) is 1. The Hall–Kier alpha value is -2.01. The molecule has 1 amide bonds. The monoisotopic (exact) mass is 278 g/mol. The Kier molecular flexibility index (Phi) is 4.41. The third-order valence-electron chi connectivity index (χ3n) is 2.63. The summed E-state index contributed by atoms with van der Waals surface area (Å²) in [6, 6.07) is 7.19. The fourth-order valence-corrected chi connectivity index (χ4v) is 1.84. The van der Waals surface area contributed by atoms with Crippen molar-refractivity contribution in [2.75, 3.05) is 11.1 Å². The van der Waals surface area contributed by atoms with Gasteiger partial charge in [-0.05, 0) is 18.6 Å². The molecule has 0 bridgehead atoms. The molecule has 0 aliphatic carbocycles. The lowest BCUT2D eigenvalue weighted by molar-refractivity contribution is -0.116. The number of nitrogens with zero attached hydrogens (tertiary/aromatic N) is 2. The number of hydrogen-bond donors (Lipinski definition) is 2. The van der Waals surface area contributed by atoms with Crippen molar-refractivity contribution in [1.29, 1.82) is 0 Å². The molecule has 2 aromatic rings. The number of nitrogens with two attached hydrogens (primary N) is 1. The van der Waals surface area contributed by atoms with Gasteiger partial charge in [0, 0.05) is 19.2 Å². The van der Waals surface area contributed by atoms with Crippen LogP contribution in [0.25, 0.3) is 0 Å². The Morgan fingerprint density at radius 2 is 2.21 bits per heavy atom.